The van der Waals surface area contributed by atoms with E-state index in [1.165, 1.54) is 0 Å². The fourth-order valence-corrected chi connectivity index (χ4v) is 2.32. The maximum Gasteiger partial charge on any atom is 0.264 e. The monoisotopic (exact) mass is 416 g/mol. The van der Waals surface area contributed by atoms with Gasteiger partial charge >= 0.3 is 0 Å². The molecule has 0 aromatic rings. The largest absolute Gasteiger partial charge is 0.379 e. The van der Waals surface area contributed by atoms with Gasteiger partial charge in [0.1, 0.15) is 0 Å². The smallest absolute Gasteiger partial charge is 0.264 e. The topological polar surface area (TPSA) is 98.8 Å². The molecule has 164 valence electrons. The minimum absolute atomic E-state index is 0.0137. The van der Waals surface area contributed by atoms with E-state index in [1.807, 2.05) is 13.8 Å². The van der Waals surface area contributed by atoms with Crippen LogP contribution in [0.4, 0.5) is 0 Å². The van der Waals surface area contributed by atoms with Crippen molar-refractivity contribution < 1.29 is 41.0 Å². The van der Waals surface area contributed by atoms with Crippen LogP contribution in [0.2, 0.25) is 0 Å². The van der Waals surface area contributed by atoms with Gasteiger partial charge in [-0.05, 0) is 20.3 Å². The van der Waals surface area contributed by atoms with Crippen LogP contribution in [0.1, 0.15) is 26.7 Å². The van der Waals surface area contributed by atoms with Gasteiger partial charge in [0.2, 0.25) is 0 Å². The molecule has 10 heteroatoms. The summed E-state index contributed by atoms with van der Waals surface area (Å²) in [7, 11) is -3.40. The Kier molecular flexibility index (Phi) is 18.8. The van der Waals surface area contributed by atoms with Crippen molar-refractivity contribution in [2.24, 2.45) is 0 Å². The highest BCUT2D eigenvalue weighted by Gasteiger charge is 2.06. The number of rotatable bonds is 21. The molecule has 0 aromatic carbocycles. The van der Waals surface area contributed by atoms with Gasteiger partial charge in [0, 0.05) is 26.2 Å². The van der Waals surface area contributed by atoms with E-state index < -0.39 is 10.1 Å². The molecule has 0 unspecified atom stereocenters. The SMILES string of the molecule is CCOC(CCCOCCOCCOCCOCCOS(C)(=O)=O)OCC. The first kappa shape index (κ1) is 26.7. The zero-order valence-electron chi connectivity index (χ0n) is 16.9. The lowest BCUT2D eigenvalue weighted by molar-refractivity contribution is -0.141. The van der Waals surface area contributed by atoms with Crippen molar-refractivity contribution in [1.29, 1.82) is 0 Å². The minimum atomic E-state index is -3.40. The Bertz CT molecular complexity index is 397. The highest BCUT2D eigenvalue weighted by molar-refractivity contribution is 7.85. The lowest BCUT2D eigenvalue weighted by atomic mass is 10.3. The third kappa shape index (κ3) is 21.8. The van der Waals surface area contributed by atoms with Gasteiger partial charge in [0.15, 0.2) is 6.29 Å². The lowest BCUT2D eigenvalue weighted by Crippen LogP contribution is -2.18. The Hall–Kier alpha value is -0.330. The summed E-state index contributed by atoms with van der Waals surface area (Å²) in [5.74, 6) is 0. The molecule has 0 saturated carbocycles. The third-order valence-electron chi connectivity index (χ3n) is 3.07. The summed E-state index contributed by atoms with van der Waals surface area (Å²) >= 11 is 0. The van der Waals surface area contributed by atoms with Gasteiger partial charge in [-0.25, -0.2) is 0 Å². The highest BCUT2D eigenvalue weighted by atomic mass is 32.2. The van der Waals surface area contributed by atoms with E-state index in [1.54, 1.807) is 0 Å². The predicted molar refractivity (Wildman–Crippen MR) is 100 cm³/mol. The van der Waals surface area contributed by atoms with Crippen LogP contribution < -0.4 is 0 Å². The molecule has 0 aliphatic heterocycles. The third-order valence-corrected chi connectivity index (χ3v) is 3.67. The predicted octanol–water partition coefficient (Wildman–Crippen LogP) is 1.21. The first-order valence-corrected chi connectivity index (χ1v) is 11.2. The van der Waals surface area contributed by atoms with E-state index in [0.29, 0.717) is 59.5 Å². The van der Waals surface area contributed by atoms with Crippen LogP contribution in [0.5, 0.6) is 0 Å². The molecule has 0 heterocycles. The van der Waals surface area contributed by atoms with E-state index in [0.717, 1.165) is 19.1 Å². The minimum Gasteiger partial charge on any atom is -0.379 e. The van der Waals surface area contributed by atoms with Gasteiger partial charge in [-0.15, -0.1) is 0 Å². The van der Waals surface area contributed by atoms with Gasteiger partial charge in [-0.1, -0.05) is 0 Å². The van der Waals surface area contributed by atoms with Crippen LogP contribution in [-0.2, 0) is 42.7 Å². The summed E-state index contributed by atoms with van der Waals surface area (Å²) in [6, 6.07) is 0. The second-order valence-electron chi connectivity index (χ2n) is 5.46. The second-order valence-corrected chi connectivity index (χ2v) is 7.10. The Balaban J connectivity index is 3.20. The fraction of sp³-hybridized carbons (Fsp3) is 1.00. The van der Waals surface area contributed by atoms with Crippen molar-refractivity contribution in [3.63, 3.8) is 0 Å². The Morgan fingerprint density at radius 3 is 1.48 bits per heavy atom. The van der Waals surface area contributed by atoms with E-state index in [2.05, 4.69) is 4.18 Å². The van der Waals surface area contributed by atoms with Crippen molar-refractivity contribution >= 4 is 10.1 Å². The molecule has 27 heavy (non-hydrogen) atoms. The van der Waals surface area contributed by atoms with Crippen molar-refractivity contribution in [2.75, 3.05) is 78.9 Å². The molecule has 0 aromatic heterocycles. The van der Waals surface area contributed by atoms with Crippen LogP contribution in [0.3, 0.4) is 0 Å². The first-order valence-electron chi connectivity index (χ1n) is 9.38. The maximum absolute atomic E-state index is 10.7. The standard InChI is InChI=1S/C17H36O9S/c1-4-24-17(25-5-2)7-6-8-20-9-10-21-11-12-22-13-14-23-15-16-26-27(3,18)19/h17H,4-16H2,1-3H3. The first-order chi connectivity index (χ1) is 13.0. The molecule has 0 fully saturated rings. The molecule has 9 nitrogen and oxygen atoms in total. The van der Waals surface area contributed by atoms with E-state index >= 15 is 0 Å². The molecule has 0 aliphatic rings. The zero-order chi connectivity index (χ0) is 20.2. The molecule has 0 spiro atoms. The van der Waals surface area contributed by atoms with Crippen molar-refractivity contribution in [3.05, 3.63) is 0 Å². The number of hydrogen-bond donors (Lipinski definition) is 0. The summed E-state index contributed by atoms with van der Waals surface area (Å²) in [6.45, 7) is 8.86. The molecule has 0 radical (unpaired) electrons. The summed E-state index contributed by atoms with van der Waals surface area (Å²) in [5.41, 5.74) is 0. The average molecular weight is 417 g/mol. The Morgan fingerprint density at radius 1 is 0.667 bits per heavy atom. The average Bonchev–Trinajstić information content (AvgIpc) is 2.60. The lowest BCUT2D eigenvalue weighted by Gasteiger charge is -2.16. The normalized spacial score (nSPS) is 12.1. The van der Waals surface area contributed by atoms with Crippen LogP contribution in [0.25, 0.3) is 0 Å². The van der Waals surface area contributed by atoms with E-state index in [4.69, 9.17) is 28.4 Å². The van der Waals surface area contributed by atoms with Crippen molar-refractivity contribution in [3.8, 4) is 0 Å². The summed E-state index contributed by atoms with van der Waals surface area (Å²) in [4.78, 5) is 0. The van der Waals surface area contributed by atoms with Gasteiger partial charge in [0.05, 0.1) is 59.1 Å². The Labute approximate surface area is 163 Å². The summed E-state index contributed by atoms with van der Waals surface area (Å²) in [6.07, 6.45) is 2.55. The van der Waals surface area contributed by atoms with Gasteiger partial charge in [-0.3, -0.25) is 4.18 Å². The summed E-state index contributed by atoms with van der Waals surface area (Å²) < 4.78 is 58.2. The molecule has 0 bridgehead atoms. The van der Waals surface area contributed by atoms with Crippen molar-refractivity contribution in [2.45, 2.75) is 33.0 Å². The maximum atomic E-state index is 10.7. The Morgan fingerprint density at radius 2 is 1.07 bits per heavy atom. The molecular formula is C17H36O9S. The number of ether oxygens (including phenoxy) is 6. The van der Waals surface area contributed by atoms with Gasteiger partial charge in [-0.2, -0.15) is 8.42 Å². The molecule has 0 N–H and O–H groups in total. The molecule has 0 saturated heterocycles. The summed E-state index contributed by atoms with van der Waals surface area (Å²) in [5, 5.41) is 0. The second kappa shape index (κ2) is 19.0. The molecule has 0 amide bonds. The quantitative estimate of drug-likeness (QED) is 0.155. The fourth-order valence-electron chi connectivity index (χ4n) is 1.94. The van der Waals surface area contributed by atoms with Gasteiger partial charge < -0.3 is 28.4 Å². The molecule has 0 rings (SSSR count). The molecule has 0 aliphatic carbocycles. The highest BCUT2D eigenvalue weighted by Crippen LogP contribution is 2.04. The van der Waals surface area contributed by atoms with E-state index in [9.17, 15) is 8.42 Å². The molecular weight excluding hydrogens is 380 g/mol. The van der Waals surface area contributed by atoms with Crippen molar-refractivity contribution in [1.82, 2.24) is 0 Å². The zero-order valence-corrected chi connectivity index (χ0v) is 17.7. The molecule has 0 atom stereocenters. The van der Waals surface area contributed by atoms with Crippen LogP contribution in [0.15, 0.2) is 0 Å². The van der Waals surface area contributed by atoms with Crippen LogP contribution in [-0.4, -0.2) is 93.6 Å². The van der Waals surface area contributed by atoms with E-state index in [-0.39, 0.29) is 19.5 Å². The number of hydrogen-bond acceptors (Lipinski definition) is 9. The van der Waals surface area contributed by atoms with Gasteiger partial charge in [0.25, 0.3) is 10.1 Å². The van der Waals surface area contributed by atoms with Crippen LogP contribution >= 0.6 is 0 Å². The van der Waals surface area contributed by atoms with Crippen LogP contribution in [0, 0.1) is 0 Å².